The molecule has 2 aromatic heterocycles. The zero-order valence-electron chi connectivity index (χ0n) is 10.5. The van der Waals surface area contributed by atoms with E-state index >= 15 is 0 Å². The molecule has 0 bridgehead atoms. The summed E-state index contributed by atoms with van der Waals surface area (Å²) in [4.78, 5) is 4.28. The molecule has 0 aromatic carbocycles. The van der Waals surface area contributed by atoms with E-state index in [9.17, 15) is 0 Å². The number of aromatic nitrogens is 1. The van der Waals surface area contributed by atoms with Crippen LogP contribution in [0.3, 0.4) is 0 Å². The first kappa shape index (κ1) is 13.3. The van der Waals surface area contributed by atoms with E-state index in [0.717, 1.165) is 31.0 Å². The maximum Gasteiger partial charge on any atom is 0.129 e. The molecule has 0 aliphatic heterocycles. The lowest BCUT2D eigenvalue weighted by molar-refractivity contribution is 0.103. The first-order valence-corrected chi connectivity index (χ1v) is 7.02. The average molecular weight is 266 g/mol. The van der Waals surface area contributed by atoms with Gasteiger partial charge in [-0.25, -0.2) is 4.98 Å². The van der Waals surface area contributed by atoms with Gasteiger partial charge >= 0.3 is 0 Å². The molecule has 0 saturated carbocycles. The monoisotopic (exact) mass is 266 g/mol. The van der Waals surface area contributed by atoms with E-state index < -0.39 is 0 Å². The number of nitrogens with one attached hydrogen (secondary N) is 1. The van der Waals surface area contributed by atoms with Crippen LogP contribution >= 0.6 is 11.3 Å². The maximum absolute atomic E-state index is 5.50. The summed E-state index contributed by atoms with van der Waals surface area (Å²) in [5.74, 6) is 0.874. The average Bonchev–Trinajstić information content (AvgIpc) is 3.05. The molecule has 0 aliphatic rings. The Kier molecular flexibility index (Phi) is 5.38. The van der Waals surface area contributed by atoms with Crippen molar-refractivity contribution in [3.05, 3.63) is 40.7 Å². The van der Waals surface area contributed by atoms with Crippen LogP contribution in [0.1, 0.15) is 30.8 Å². The number of furan rings is 1. The Labute approximate surface area is 111 Å². The number of rotatable bonds is 8. The van der Waals surface area contributed by atoms with Crippen LogP contribution in [0.25, 0.3) is 0 Å². The molecule has 1 N–H and O–H groups in total. The SMILES string of the molecule is CC(NCCCOCc1ccco1)c1cscn1. The van der Waals surface area contributed by atoms with Gasteiger partial charge in [-0.3, -0.25) is 0 Å². The van der Waals surface area contributed by atoms with Crippen molar-refractivity contribution in [1.29, 1.82) is 0 Å². The molecule has 18 heavy (non-hydrogen) atoms. The summed E-state index contributed by atoms with van der Waals surface area (Å²) in [6, 6.07) is 4.10. The van der Waals surface area contributed by atoms with Crippen LogP contribution in [0.5, 0.6) is 0 Å². The number of ether oxygens (including phenoxy) is 1. The van der Waals surface area contributed by atoms with Gasteiger partial charge in [0.25, 0.3) is 0 Å². The molecule has 0 aliphatic carbocycles. The van der Waals surface area contributed by atoms with Gasteiger partial charge in [-0.1, -0.05) is 0 Å². The molecule has 0 spiro atoms. The molecule has 0 radical (unpaired) electrons. The van der Waals surface area contributed by atoms with Crippen molar-refractivity contribution >= 4 is 11.3 Å². The summed E-state index contributed by atoms with van der Waals surface area (Å²) in [5, 5.41) is 5.49. The first-order chi connectivity index (χ1) is 8.86. The molecule has 0 amide bonds. The minimum atomic E-state index is 0.307. The van der Waals surface area contributed by atoms with Crippen LogP contribution in [0.4, 0.5) is 0 Å². The maximum atomic E-state index is 5.50. The number of thiazole rings is 1. The highest BCUT2D eigenvalue weighted by atomic mass is 32.1. The molecule has 5 heteroatoms. The van der Waals surface area contributed by atoms with E-state index in [1.54, 1.807) is 17.6 Å². The van der Waals surface area contributed by atoms with Gasteiger partial charge in [-0.15, -0.1) is 11.3 Å². The van der Waals surface area contributed by atoms with E-state index in [0.29, 0.717) is 12.6 Å². The minimum Gasteiger partial charge on any atom is -0.467 e. The fourth-order valence-corrected chi connectivity index (χ4v) is 2.25. The second kappa shape index (κ2) is 7.31. The van der Waals surface area contributed by atoms with E-state index in [2.05, 4.69) is 22.6 Å². The highest BCUT2D eigenvalue weighted by molar-refractivity contribution is 7.07. The topological polar surface area (TPSA) is 47.3 Å². The second-order valence-electron chi connectivity index (χ2n) is 4.07. The van der Waals surface area contributed by atoms with Crippen molar-refractivity contribution in [3.63, 3.8) is 0 Å². The van der Waals surface area contributed by atoms with Crippen LogP contribution in [-0.4, -0.2) is 18.1 Å². The normalized spacial score (nSPS) is 12.7. The molecule has 98 valence electrons. The summed E-state index contributed by atoms with van der Waals surface area (Å²) in [7, 11) is 0. The third kappa shape index (κ3) is 4.25. The fourth-order valence-electron chi connectivity index (χ4n) is 1.60. The second-order valence-corrected chi connectivity index (χ2v) is 4.79. The quantitative estimate of drug-likeness (QED) is 0.746. The van der Waals surface area contributed by atoms with Crippen molar-refractivity contribution in [2.75, 3.05) is 13.2 Å². The predicted molar refractivity (Wildman–Crippen MR) is 71.5 cm³/mol. The van der Waals surface area contributed by atoms with E-state index in [-0.39, 0.29) is 0 Å². The van der Waals surface area contributed by atoms with Gasteiger partial charge in [-0.2, -0.15) is 0 Å². The van der Waals surface area contributed by atoms with Gasteiger partial charge < -0.3 is 14.5 Å². The molecule has 4 nitrogen and oxygen atoms in total. The third-order valence-corrected chi connectivity index (χ3v) is 3.24. The van der Waals surface area contributed by atoms with Crippen molar-refractivity contribution in [2.45, 2.75) is 26.0 Å². The Bertz CT molecular complexity index is 414. The lowest BCUT2D eigenvalue weighted by atomic mass is 10.2. The smallest absolute Gasteiger partial charge is 0.129 e. The first-order valence-electron chi connectivity index (χ1n) is 6.08. The largest absolute Gasteiger partial charge is 0.467 e. The molecule has 0 fully saturated rings. The van der Waals surface area contributed by atoms with Gasteiger partial charge in [0.15, 0.2) is 0 Å². The summed E-state index contributed by atoms with van der Waals surface area (Å²) >= 11 is 1.63. The Balaban J connectivity index is 1.51. The van der Waals surface area contributed by atoms with Crippen molar-refractivity contribution in [3.8, 4) is 0 Å². The minimum absolute atomic E-state index is 0.307. The van der Waals surface area contributed by atoms with Gasteiger partial charge in [0.05, 0.1) is 17.5 Å². The predicted octanol–water partition coefficient (Wildman–Crippen LogP) is 2.99. The zero-order chi connectivity index (χ0) is 12.6. The van der Waals surface area contributed by atoms with Crippen molar-refractivity contribution in [1.82, 2.24) is 10.3 Å². The Morgan fingerprint density at radius 1 is 1.56 bits per heavy atom. The third-order valence-electron chi connectivity index (χ3n) is 2.64. The lowest BCUT2D eigenvalue weighted by Gasteiger charge is -2.11. The molecular weight excluding hydrogens is 248 g/mol. The molecule has 1 unspecified atom stereocenters. The van der Waals surface area contributed by atoms with Crippen LogP contribution in [0, 0.1) is 0 Å². The molecule has 0 saturated heterocycles. The summed E-state index contributed by atoms with van der Waals surface area (Å²) < 4.78 is 10.7. The van der Waals surface area contributed by atoms with Crippen LogP contribution in [0.15, 0.2) is 33.7 Å². The summed E-state index contributed by atoms with van der Waals surface area (Å²) in [5.41, 5.74) is 2.97. The van der Waals surface area contributed by atoms with Crippen LogP contribution in [-0.2, 0) is 11.3 Å². The van der Waals surface area contributed by atoms with E-state index in [4.69, 9.17) is 9.15 Å². The Morgan fingerprint density at radius 3 is 3.22 bits per heavy atom. The standard InChI is InChI=1S/C13H18N2O2S/c1-11(13-9-18-10-15-13)14-5-3-6-16-8-12-4-2-7-17-12/h2,4,7,9-11,14H,3,5-6,8H2,1H3. The molecule has 2 rings (SSSR count). The number of nitrogens with zero attached hydrogens (tertiary/aromatic N) is 1. The Hall–Kier alpha value is -1.17. The molecule has 2 aromatic rings. The summed E-state index contributed by atoms with van der Waals surface area (Å²) in [6.07, 6.45) is 2.64. The fraction of sp³-hybridized carbons (Fsp3) is 0.462. The number of hydrogen-bond donors (Lipinski definition) is 1. The van der Waals surface area contributed by atoms with E-state index in [1.807, 2.05) is 17.6 Å². The highest BCUT2D eigenvalue weighted by Gasteiger charge is 2.05. The summed E-state index contributed by atoms with van der Waals surface area (Å²) in [6.45, 7) is 4.34. The van der Waals surface area contributed by atoms with Gasteiger partial charge in [-0.05, 0) is 32.0 Å². The van der Waals surface area contributed by atoms with E-state index in [1.165, 1.54) is 0 Å². The highest BCUT2D eigenvalue weighted by Crippen LogP contribution is 2.11. The van der Waals surface area contributed by atoms with Gasteiger partial charge in [0, 0.05) is 18.0 Å². The van der Waals surface area contributed by atoms with Gasteiger partial charge in [0.1, 0.15) is 12.4 Å². The zero-order valence-corrected chi connectivity index (χ0v) is 11.3. The Morgan fingerprint density at radius 2 is 2.50 bits per heavy atom. The van der Waals surface area contributed by atoms with Crippen molar-refractivity contribution < 1.29 is 9.15 Å². The van der Waals surface area contributed by atoms with Crippen molar-refractivity contribution in [2.24, 2.45) is 0 Å². The molecule has 2 heterocycles. The number of hydrogen-bond acceptors (Lipinski definition) is 5. The van der Waals surface area contributed by atoms with Gasteiger partial charge in [0.2, 0.25) is 0 Å². The molecule has 1 atom stereocenters. The van der Waals surface area contributed by atoms with Crippen LogP contribution < -0.4 is 5.32 Å². The lowest BCUT2D eigenvalue weighted by Crippen LogP contribution is -2.21. The molecular formula is C13H18N2O2S. The van der Waals surface area contributed by atoms with Crippen LogP contribution in [0.2, 0.25) is 0 Å².